The summed E-state index contributed by atoms with van der Waals surface area (Å²) in [5, 5.41) is 4.15. The van der Waals surface area contributed by atoms with Gasteiger partial charge in [-0.05, 0) is 25.1 Å². The molecular formula is C15H13FN4. The highest BCUT2D eigenvalue weighted by Gasteiger charge is 2.05. The molecule has 0 spiro atoms. The van der Waals surface area contributed by atoms with E-state index in [0.29, 0.717) is 17.2 Å². The third-order valence-electron chi connectivity index (χ3n) is 2.98. The van der Waals surface area contributed by atoms with Crippen molar-refractivity contribution in [2.45, 2.75) is 6.92 Å². The maximum absolute atomic E-state index is 13.6. The van der Waals surface area contributed by atoms with Crippen LogP contribution in [0.2, 0.25) is 0 Å². The van der Waals surface area contributed by atoms with Gasteiger partial charge in [-0.15, -0.1) is 0 Å². The van der Waals surface area contributed by atoms with Crippen LogP contribution in [0.25, 0.3) is 11.0 Å². The molecule has 0 amide bonds. The van der Waals surface area contributed by atoms with Gasteiger partial charge in [0.05, 0.1) is 16.7 Å². The Hall–Kier alpha value is -2.69. The maximum Gasteiger partial charge on any atom is 0.222 e. The molecule has 0 aliphatic heterocycles. The van der Waals surface area contributed by atoms with Crippen LogP contribution in [-0.4, -0.2) is 15.7 Å². The molecule has 0 radical (unpaired) electrons. The molecule has 3 aromatic rings. The molecule has 0 aliphatic carbocycles. The second-order valence-corrected chi connectivity index (χ2v) is 4.39. The number of hydrogen-bond donors (Lipinski definition) is 2. The lowest BCUT2D eigenvalue weighted by atomic mass is 10.1. The third kappa shape index (κ3) is 2.38. The van der Waals surface area contributed by atoms with Crippen molar-refractivity contribution in [2.75, 3.05) is 5.43 Å². The van der Waals surface area contributed by atoms with Crippen LogP contribution in [0.1, 0.15) is 12.5 Å². The van der Waals surface area contributed by atoms with Gasteiger partial charge in [-0.25, -0.2) is 14.8 Å². The Balaban J connectivity index is 1.84. The molecule has 100 valence electrons. The first kappa shape index (κ1) is 12.3. The predicted octanol–water partition coefficient (Wildman–Crippen LogP) is 3.54. The van der Waals surface area contributed by atoms with E-state index in [-0.39, 0.29) is 5.82 Å². The smallest absolute Gasteiger partial charge is 0.222 e. The minimum atomic E-state index is -0.292. The average Bonchev–Trinajstić information content (AvgIpc) is 2.88. The second-order valence-electron chi connectivity index (χ2n) is 4.39. The van der Waals surface area contributed by atoms with Crippen LogP contribution in [0, 0.1) is 5.82 Å². The molecule has 0 saturated carbocycles. The van der Waals surface area contributed by atoms with Crippen LogP contribution >= 0.6 is 0 Å². The first-order valence-corrected chi connectivity index (χ1v) is 6.24. The summed E-state index contributed by atoms with van der Waals surface area (Å²) in [5.41, 5.74) is 5.62. The van der Waals surface area contributed by atoms with Gasteiger partial charge < -0.3 is 4.98 Å². The normalized spacial score (nSPS) is 11.8. The highest BCUT2D eigenvalue weighted by molar-refractivity contribution is 5.99. The second kappa shape index (κ2) is 5.13. The van der Waals surface area contributed by atoms with Gasteiger partial charge in [-0.2, -0.15) is 5.10 Å². The van der Waals surface area contributed by atoms with Crippen molar-refractivity contribution in [1.29, 1.82) is 0 Å². The van der Waals surface area contributed by atoms with Gasteiger partial charge in [0.15, 0.2) is 0 Å². The van der Waals surface area contributed by atoms with Crippen LogP contribution in [-0.2, 0) is 0 Å². The Labute approximate surface area is 115 Å². The number of fused-ring (bicyclic) bond motifs is 1. The molecule has 2 N–H and O–H groups in total. The number of H-pyrrole nitrogens is 1. The fourth-order valence-corrected chi connectivity index (χ4v) is 1.96. The van der Waals surface area contributed by atoms with Crippen molar-refractivity contribution in [3.05, 3.63) is 59.9 Å². The van der Waals surface area contributed by atoms with Crippen molar-refractivity contribution in [3.63, 3.8) is 0 Å². The summed E-state index contributed by atoms with van der Waals surface area (Å²) in [6.45, 7) is 1.74. The van der Waals surface area contributed by atoms with Crippen molar-refractivity contribution < 1.29 is 4.39 Å². The van der Waals surface area contributed by atoms with Gasteiger partial charge in [0, 0.05) is 5.56 Å². The molecule has 1 heterocycles. The Kier molecular flexibility index (Phi) is 3.16. The number of hydrazone groups is 1. The van der Waals surface area contributed by atoms with E-state index in [0.717, 1.165) is 11.0 Å². The Morgan fingerprint density at radius 3 is 2.70 bits per heavy atom. The van der Waals surface area contributed by atoms with E-state index in [4.69, 9.17) is 0 Å². The topological polar surface area (TPSA) is 53.1 Å². The summed E-state index contributed by atoms with van der Waals surface area (Å²) in [7, 11) is 0. The molecule has 3 rings (SSSR count). The molecule has 0 saturated heterocycles. The number of benzene rings is 2. The van der Waals surface area contributed by atoms with Crippen molar-refractivity contribution in [1.82, 2.24) is 9.97 Å². The van der Waals surface area contributed by atoms with E-state index in [1.54, 1.807) is 25.1 Å². The summed E-state index contributed by atoms with van der Waals surface area (Å²) in [4.78, 5) is 7.43. The number of rotatable bonds is 3. The highest BCUT2D eigenvalue weighted by Crippen LogP contribution is 2.14. The molecular weight excluding hydrogens is 255 g/mol. The highest BCUT2D eigenvalue weighted by atomic mass is 19.1. The van der Waals surface area contributed by atoms with Gasteiger partial charge >= 0.3 is 0 Å². The van der Waals surface area contributed by atoms with Gasteiger partial charge in [0.25, 0.3) is 0 Å². The number of anilines is 1. The van der Waals surface area contributed by atoms with Gasteiger partial charge in [0.1, 0.15) is 5.82 Å². The lowest BCUT2D eigenvalue weighted by Crippen LogP contribution is -2.02. The fourth-order valence-electron chi connectivity index (χ4n) is 1.96. The average molecular weight is 268 g/mol. The van der Waals surface area contributed by atoms with Gasteiger partial charge in [-0.3, -0.25) is 0 Å². The zero-order chi connectivity index (χ0) is 13.9. The van der Waals surface area contributed by atoms with Crippen LogP contribution in [0.5, 0.6) is 0 Å². The number of aromatic nitrogens is 2. The zero-order valence-electron chi connectivity index (χ0n) is 10.9. The third-order valence-corrected chi connectivity index (χ3v) is 2.98. The van der Waals surface area contributed by atoms with Crippen LogP contribution in [0.4, 0.5) is 10.3 Å². The molecule has 4 nitrogen and oxygen atoms in total. The van der Waals surface area contributed by atoms with Crippen molar-refractivity contribution >= 4 is 22.7 Å². The number of aromatic amines is 1. The summed E-state index contributed by atoms with van der Waals surface area (Å²) in [6.07, 6.45) is 0. The SMILES string of the molecule is C/C(=N/Nc1nc2ccccc2[nH]1)c1ccccc1F. The van der Waals surface area contributed by atoms with E-state index in [9.17, 15) is 4.39 Å². The molecule has 0 bridgehead atoms. The lowest BCUT2D eigenvalue weighted by Gasteiger charge is -2.02. The summed E-state index contributed by atoms with van der Waals surface area (Å²) in [6, 6.07) is 14.2. The van der Waals surface area contributed by atoms with E-state index in [1.165, 1.54) is 6.07 Å². The minimum Gasteiger partial charge on any atom is -0.323 e. The molecule has 5 heteroatoms. The number of nitrogens with one attached hydrogen (secondary N) is 2. The summed E-state index contributed by atoms with van der Waals surface area (Å²) >= 11 is 0. The lowest BCUT2D eigenvalue weighted by molar-refractivity contribution is 0.625. The molecule has 0 fully saturated rings. The van der Waals surface area contributed by atoms with Crippen molar-refractivity contribution in [3.8, 4) is 0 Å². The number of imidazole rings is 1. The Bertz CT molecular complexity index is 743. The van der Waals surface area contributed by atoms with Gasteiger partial charge in [-0.1, -0.05) is 30.3 Å². The monoisotopic (exact) mass is 268 g/mol. The van der Waals surface area contributed by atoms with E-state index >= 15 is 0 Å². The van der Waals surface area contributed by atoms with E-state index in [2.05, 4.69) is 20.5 Å². The number of para-hydroxylation sites is 2. The maximum atomic E-state index is 13.6. The molecule has 0 atom stereocenters. The fraction of sp³-hybridized carbons (Fsp3) is 0.0667. The van der Waals surface area contributed by atoms with Gasteiger partial charge in [0.2, 0.25) is 5.95 Å². The van der Waals surface area contributed by atoms with Crippen molar-refractivity contribution in [2.24, 2.45) is 5.10 Å². The standard InChI is InChI=1S/C15H13FN4/c1-10(11-6-2-3-7-12(11)16)19-20-15-17-13-8-4-5-9-14(13)18-15/h2-9H,1H3,(H2,17,18,20)/b19-10-. The Morgan fingerprint density at radius 1 is 1.15 bits per heavy atom. The minimum absolute atomic E-state index is 0.292. The number of hydrogen-bond acceptors (Lipinski definition) is 3. The van der Waals surface area contributed by atoms with Crippen LogP contribution < -0.4 is 5.43 Å². The molecule has 2 aromatic carbocycles. The Morgan fingerprint density at radius 2 is 1.90 bits per heavy atom. The largest absolute Gasteiger partial charge is 0.323 e. The summed E-state index contributed by atoms with van der Waals surface area (Å²) in [5.74, 6) is 0.238. The number of halogens is 1. The van der Waals surface area contributed by atoms with Crippen LogP contribution in [0.15, 0.2) is 53.6 Å². The predicted molar refractivity (Wildman–Crippen MR) is 78.3 cm³/mol. The van der Waals surface area contributed by atoms with E-state index in [1.807, 2.05) is 24.3 Å². The first-order chi connectivity index (χ1) is 9.74. The number of nitrogens with zero attached hydrogens (tertiary/aromatic N) is 2. The van der Waals surface area contributed by atoms with E-state index < -0.39 is 0 Å². The molecule has 1 aromatic heterocycles. The summed E-state index contributed by atoms with van der Waals surface area (Å²) < 4.78 is 13.6. The molecule has 0 aliphatic rings. The quantitative estimate of drug-likeness (QED) is 0.564. The first-order valence-electron chi connectivity index (χ1n) is 6.24. The molecule has 0 unspecified atom stereocenters. The van der Waals surface area contributed by atoms with Crippen LogP contribution in [0.3, 0.4) is 0 Å². The molecule has 20 heavy (non-hydrogen) atoms. The zero-order valence-corrected chi connectivity index (χ0v) is 10.9.